The molecule has 0 fully saturated rings. The van der Waals surface area contributed by atoms with Gasteiger partial charge in [-0.05, 0) is 25.1 Å². The molecule has 1 N–H and O–H groups in total. The molecule has 1 atom stereocenters. The third kappa shape index (κ3) is 2.97. The number of benzene rings is 1. The molecule has 1 rings (SSSR count). The van der Waals surface area contributed by atoms with E-state index in [1.807, 2.05) is 0 Å². The van der Waals surface area contributed by atoms with E-state index in [1.165, 1.54) is 0 Å². The summed E-state index contributed by atoms with van der Waals surface area (Å²) >= 11 is 0. The molecule has 1 aromatic carbocycles. The van der Waals surface area contributed by atoms with Crippen molar-refractivity contribution in [1.82, 2.24) is 0 Å². The predicted octanol–water partition coefficient (Wildman–Crippen LogP) is 3.55. The van der Waals surface area contributed by atoms with Crippen molar-refractivity contribution in [2.75, 3.05) is 11.9 Å². The fourth-order valence-electron chi connectivity index (χ4n) is 1.38. The molecule has 0 spiro atoms. The van der Waals surface area contributed by atoms with Crippen LogP contribution < -0.4 is 4.90 Å². The van der Waals surface area contributed by atoms with Gasteiger partial charge in [-0.25, -0.2) is 4.39 Å². The van der Waals surface area contributed by atoms with Gasteiger partial charge in [-0.1, -0.05) is 0 Å². The first-order valence-corrected chi connectivity index (χ1v) is 5.18. The van der Waals surface area contributed by atoms with E-state index in [9.17, 15) is 35.8 Å². The van der Waals surface area contributed by atoms with Crippen LogP contribution in [0.3, 0.4) is 0 Å². The van der Waals surface area contributed by atoms with Gasteiger partial charge in [-0.2, -0.15) is 26.3 Å². The smallest absolute Gasteiger partial charge is 0.364 e. The summed E-state index contributed by atoms with van der Waals surface area (Å²) in [7, 11) is 0.721. The summed E-state index contributed by atoms with van der Waals surface area (Å²) in [5, 5.41) is 9.34. The molecule has 0 aliphatic heterocycles. The summed E-state index contributed by atoms with van der Waals surface area (Å²) in [5.74, 6) is -1.52. The number of rotatable bonds is 2. The summed E-state index contributed by atoms with van der Waals surface area (Å²) in [5.41, 5.74) is -5.56. The van der Waals surface area contributed by atoms with E-state index < -0.39 is 35.1 Å². The molecule has 1 aromatic rings. The highest BCUT2D eigenvalue weighted by atomic mass is 19.4. The lowest BCUT2D eigenvalue weighted by Crippen LogP contribution is -2.55. The number of halogens is 7. The van der Waals surface area contributed by atoms with Crippen molar-refractivity contribution in [3.8, 4) is 0 Å². The minimum atomic E-state index is -5.11. The number of hydrogen-bond acceptors (Lipinski definition) is 2. The second-order valence-electron chi connectivity index (χ2n) is 4.24. The molecule has 0 aliphatic rings. The molecule has 20 heavy (non-hydrogen) atoms. The molecule has 0 bridgehead atoms. The largest absolute Gasteiger partial charge is 0.436 e. The molecule has 0 amide bonds. The van der Waals surface area contributed by atoms with Crippen LogP contribution in [0.1, 0.15) is 12.5 Å². The molecule has 0 saturated heterocycles. The lowest BCUT2D eigenvalue weighted by Gasteiger charge is -2.37. The van der Waals surface area contributed by atoms with E-state index in [2.05, 4.69) is 0 Å². The Balaban J connectivity index is 3.23. The Bertz CT molecular complexity index is 493. The Kier molecular flexibility index (Phi) is 3.97. The molecular weight excluding hydrogens is 295 g/mol. The SMILES string of the molecule is CN(c1ccc(C(F)(F)F)cc1F)C(C)(O)C(F)(F)F. The minimum Gasteiger partial charge on any atom is -0.364 e. The van der Waals surface area contributed by atoms with Gasteiger partial charge in [0.05, 0.1) is 11.3 Å². The molecule has 0 saturated carbocycles. The van der Waals surface area contributed by atoms with E-state index in [1.54, 1.807) is 0 Å². The van der Waals surface area contributed by atoms with Gasteiger partial charge < -0.3 is 10.0 Å². The number of nitrogens with zero attached hydrogens (tertiary/aromatic N) is 1. The summed E-state index contributed by atoms with van der Waals surface area (Å²) < 4.78 is 88.2. The van der Waals surface area contributed by atoms with Crippen LogP contribution in [0.5, 0.6) is 0 Å². The van der Waals surface area contributed by atoms with Crippen LogP contribution in [0, 0.1) is 5.82 Å². The molecular formula is C11H10F7NO. The maximum absolute atomic E-state index is 13.5. The maximum Gasteiger partial charge on any atom is 0.436 e. The van der Waals surface area contributed by atoms with Crippen LogP contribution in [-0.4, -0.2) is 24.1 Å². The predicted molar refractivity (Wildman–Crippen MR) is 56.5 cm³/mol. The van der Waals surface area contributed by atoms with Crippen LogP contribution in [-0.2, 0) is 6.18 Å². The minimum absolute atomic E-state index is 0.0677. The molecule has 0 heterocycles. The van der Waals surface area contributed by atoms with Crippen molar-refractivity contribution in [3.63, 3.8) is 0 Å². The first-order valence-electron chi connectivity index (χ1n) is 5.18. The Morgan fingerprint density at radius 2 is 1.55 bits per heavy atom. The summed E-state index contributed by atoms with van der Waals surface area (Å²) in [6.07, 6.45) is -9.93. The zero-order valence-electron chi connectivity index (χ0n) is 10.3. The highest BCUT2D eigenvalue weighted by molar-refractivity contribution is 5.50. The van der Waals surface area contributed by atoms with Crippen molar-refractivity contribution in [3.05, 3.63) is 29.6 Å². The van der Waals surface area contributed by atoms with Crippen molar-refractivity contribution in [1.29, 1.82) is 0 Å². The molecule has 2 nitrogen and oxygen atoms in total. The average Bonchev–Trinajstić information content (AvgIpc) is 2.25. The number of hydrogen-bond donors (Lipinski definition) is 1. The van der Waals surface area contributed by atoms with Crippen LogP contribution in [0.4, 0.5) is 36.4 Å². The Morgan fingerprint density at radius 1 is 1.05 bits per heavy atom. The van der Waals surface area contributed by atoms with Crippen LogP contribution in [0.15, 0.2) is 18.2 Å². The van der Waals surface area contributed by atoms with E-state index in [-0.39, 0.29) is 11.0 Å². The van der Waals surface area contributed by atoms with Gasteiger partial charge >= 0.3 is 12.4 Å². The van der Waals surface area contributed by atoms with Gasteiger partial charge in [0.2, 0.25) is 5.72 Å². The first-order chi connectivity index (χ1) is 8.78. The van der Waals surface area contributed by atoms with Gasteiger partial charge in [-0.3, -0.25) is 0 Å². The fraction of sp³-hybridized carbons (Fsp3) is 0.455. The van der Waals surface area contributed by atoms with Gasteiger partial charge in [0, 0.05) is 7.05 Å². The van der Waals surface area contributed by atoms with E-state index in [0.717, 1.165) is 7.05 Å². The van der Waals surface area contributed by atoms with Gasteiger partial charge in [0.1, 0.15) is 5.82 Å². The third-order valence-electron chi connectivity index (χ3n) is 2.83. The van der Waals surface area contributed by atoms with E-state index in [0.29, 0.717) is 19.1 Å². The monoisotopic (exact) mass is 305 g/mol. The quantitative estimate of drug-likeness (QED) is 0.667. The topological polar surface area (TPSA) is 23.5 Å². The first kappa shape index (κ1) is 16.5. The number of aliphatic hydroxyl groups is 1. The van der Waals surface area contributed by atoms with Gasteiger partial charge in [0.25, 0.3) is 0 Å². The van der Waals surface area contributed by atoms with Crippen molar-refractivity contribution < 1.29 is 35.8 Å². The zero-order chi connectivity index (χ0) is 15.9. The highest BCUT2D eigenvalue weighted by Gasteiger charge is 2.53. The summed E-state index contributed by atoms with van der Waals surface area (Å²) in [6, 6.07) is 1.03. The lowest BCUT2D eigenvalue weighted by atomic mass is 10.1. The molecule has 1 unspecified atom stereocenters. The summed E-state index contributed by atoms with van der Waals surface area (Å²) in [4.78, 5) is 0.114. The average molecular weight is 305 g/mol. The highest BCUT2D eigenvalue weighted by Crippen LogP contribution is 2.37. The number of anilines is 1. The lowest BCUT2D eigenvalue weighted by molar-refractivity contribution is -0.251. The normalized spacial score (nSPS) is 15.9. The fourth-order valence-corrected chi connectivity index (χ4v) is 1.38. The van der Waals surface area contributed by atoms with E-state index in [4.69, 9.17) is 0 Å². The van der Waals surface area contributed by atoms with E-state index >= 15 is 0 Å². The molecule has 0 aromatic heterocycles. The van der Waals surface area contributed by atoms with Crippen LogP contribution in [0.2, 0.25) is 0 Å². The summed E-state index contributed by atoms with van der Waals surface area (Å²) in [6.45, 7) is 0.365. The zero-order valence-corrected chi connectivity index (χ0v) is 10.3. The Hall–Kier alpha value is -1.51. The number of alkyl halides is 6. The molecule has 0 aliphatic carbocycles. The van der Waals surface area contributed by atoms with Crippen molar-refractivity contribution >= 4 is 5.69 Å². The Morgan fingerprint density at radius 3 is 1.90 bits per heavy atom. The second kappa shape index (κ2) is 4.80. The maximum atomic E-state index is 13.5. The molecule has 0 radical (unpaired) electrons. The second-order valence-corrected chi connectivity index (χ2v) is 4.24. The Labute approximate surface area is 109 Å². The standard InChI is InChI=1S/C11H10F7NO/c1-9(20,11(16,17)18)19(2)8-4-3-6(5-7(8)12)10(13,14)15/h3-5,20H,1-2H3. The van der Waals surface area contributed by atoms with Crippen LogP contribution in [0.25, 0.3) is 0 Å². The van der Waals surface area contributed by atoms with Crippen molar-refractivity contribution in [2.24, 2.45) is 0 Å². The molecule has 114 valence electrons. The third-order valence-corrected chi connectivity index (χ3v) is 2.83. The van der Waals surface area contributed by atoms with Crippen LogP contribution >= 0.6 is 0 Å². The van der Waals surface area contributed by atoms with Crippen molar-refractivity contribution in [2.45, 2.75) is 25.0 Å². The molecule has 9 heteroatoms. The van der Waals surface area contributed by atoms with Gasteiger partial charge in [0.15, 0.2) is 0 Å². The van der Waals surface area contributed by atoms with Gasteiger partial charge in [-0.15, -0.1) is 0 Å².